The maximum Gasteiger partial charge on any atom is 0.191 e. The molecule has 0 unspecified atom stereocenters. The van der Waals surface area contributed by atoms with E-state index < -0.39 is 0 Å². The molecule has 146 valence electrons. The van der Waals surface area contributed by atoms with Crippen molar-refractivity contribution in [3.8, 4) is 0 Å². The Morgan fingerprint density at radius 2 is 2.04 bits per heavy atom. The number of hydrogen-bond donors (Lipinski definition) is 2. The van der Waals surface area contributed by atoms with Gasteiger partial charge in [0.1, 0.15) is 5.82 Å². The molecule has 1 aliphatic heterocycles. The fourth-order valence-corrected chi connectivity index (χ4v) is 2.82. The first-order chi connectivity index (χ1) is 12.4. The van der Waals surface area contributed by atoms with Crippen molar-refractivity contribution in [3.63, 3.8) is 0 Å². The van der Waals surface area contributed by atoms with Gasteiger partial charge in [-0.15, -0.1) is 0 Å². The third-order valence-electron chi connectivity index (χ3n) is 4.91. The zero-order chi connectivity index (χ0) is 19.0. The Kier molecular flexibility index (Phi) is 7.69. The predicted molar refractivity (Wildman–Crippen MR) is 109 cm³/mol. The van der Waals surface area contributed by atoms with Gasteiger partial charge in [-0.25, -0.2) is 9.98 Å². The topological polar surface area (TPSA) is 61.8 Å². The van der Waals surface area contributed by atoms with Crippen molar-refractivity contribution in [2.24, 2.45) is 10.9 Å². The molecular formula is C20H35N5O. The molecule has 1 aromatic rings. The Hall–Kier alpha value is -1.82. The van der Waals surface area contributed by atoms with Crippen LogP contribution in [0.3, 0.4) is 0 Å². The number of aliphatic imine (C=N–C) groups is 1. The van der Waals surface area contributed by atoms with Crippen LogP contribution >= 0.6 is 0 Å². The van der Waals surface area contributed by atoms with Gasteiger partial charge in [0.05, 0.1) is 12.1 Å². The van der Waals surface area contributed by atoms with Gasteiger partial charge in [-0.3, -0.25) is 0 Å². The maximum atomic E-state index is 5.45. The van der Waals surface area contributed by atoms with Crippen LogP contribution in [0.25, 0.3) is 0 Å². The number of guanidine groups is 1. The van der Waals surface area contributed by atoms with Gasteiger partial charge in [0.15, 0.2) is 5.96 Å². The quantitative estimate of drug-likeness (QED) is 0.578. The maximum absolute atomic E-state index is 5.45. The highest BCUT2D eigenvalue weighted by Gasteiger charge is 2.17. The van der Waals surface area contributed by atoms with Crippen LogP contribution in [0.5, 0.6) is 0 Å². The lowest BCUT2D eigenvalue weighted by Gasteiger charge is -2.31. The van der Waals surface area contributed by atoms with Gasteiger partial charge in [0.25, 0.3) is 0 Å². The molecule has 0 amide bonds. The Morgan fingerprint density at radius 3 is 2.62 bits per heavy atom. The SMILES string of the molecule is CCNC(=NCc1ccc(N2CCC(C)CC2)nc1)NCC(C)(C)OC. The minimum absolute atomic E-state index is 0.231. The average Bonchev–Trinajstić information content (AvgIpc) is 2.65. The van der Waals surface area contributed by atoms with E-state index in [9.17, 15) is 0 Å². The molecule has 1 aromatic heterocycles. The van der Waals surface area contributed by atoms with Gasteiger partial charge < -0.3 is 20.3 Å². The molecule has 6 heteroatoms. The zero-order valence-corrected chi connectivity index (χ0v) is 17.0. The Balaban J connectivity index is 1.92. The predicted octanol–water partition coefficient (Wildman–Crippen LogP) is 2.80. The summed E-state index contributed by atoms with van der Waals surface area (Å²) >= 11 is 0. The van der Waals surface area contributed by atoms with Crippen LogP contribution in [-0.2, 0) is 11.3 Å². The third kappa shape index (κ3) is 6.48. The molecule has 1 fully saturated rings. The minimum Gasteiger partial charge on any atom is -0.377 e. The number of ether oxygens (including phenoxy) is 1. The van der Waals surface area contributed by atoms with E-state index in [2.05, 4.69) is 51.5 Å². The van der Waals surface area contributed by atoms with Crippen LogP contribution in [0.2, 0.25) is 0 Å². The first-order valence-corrected chi connectivity index (χ1v) is 9.70. The van der Waals surface area contributed by atoms with Crippen molar-refractivity contribution < 1.29 is 4.74 Å². The molecule has 0 aliphatic carbocycles. The smallest absolute Gasteiger partial charge is 0.191 e. The van der Waals surface area contributed by atoms with Crippen LogP contribution in [0, 0.1) is 5.92 Å². The molecule has 6 nitrogen and oxygen atoms in total. The molecule has 1 aliphatic rings. The number of aromatic nitrogens is 1. The van der Waals surface area contributed by atoms with E-state index >= 15 is 0 Å². The van der Waals surface area contributed by atoms with E-state index in [1.54, 1.807) is 7.11 Å². The molecule has 0 radical (unpaired) electrons. The molecule has 0 atom stereocenters. The second-order valence-electron chi connectivity index (χ2n) is 7.71. The third-order valence-corrected chi connectivity index (χ3v) is 4.91. The first kappa shape index (κ1) is 20.5. The number of pyridine rings is 1. The van der Waals surface area contributed by atoms with Gasteiger partial charge >= 0.3 is 0 Å². The number of rotatable bonds is 7. The molecular weight excluding hydrogens is 326 g/mol. The molecule has 0 bridgehead atoms. The van der Waals surface area contributed by atoms with Crippen molar-refractivity contribution >= 4 is 11.8 Å². The lowest BCUT2D eigenvalue weighted by atomic mass is 9.99. The standard InChI is InChI=1S/C20H35N5O/c1-6-21-19(24-15-20(3,4)26-5)23-14-17-7-8-18(22-13-17)25-11-9-16(2)10-12-25/h7-8,13,16H,6,9-12,14-15H2,1-5H3,(H2,21,23,24). The second-order valence-corrected chi connectivity index (χ2v) is 7.71. The summed E-state index contributed by atoms with van der Waals surface area (Å²) in [4.78, 5) is 11.7. The molecule has 2 rings (SSSR count). The zero-order valence-electron chi connectivity index (χ0n) is 17.0. The molecule has 1 saturated heterocycles. The van der Waals surface area contributed by atoms with E-state index in [1.165, 1.54) is 12.8 Å². The fraction of sp³-hybridized carbons (Fsp3) is 0.700. The summed E-state index contributed by atoms with van der Waals surface area (Å²) in [6, 6.07) is 4.25. The van der Waals surface area contributed by atoms with Crippen molar-refractivity contribution in [1.29, 1.82) is 0 Å². The van der Waals surface area contributed by atoms with Gasteiger partial charge in [0, 0.05) is 39.5 Å². The molecule has 2 heterocycles. The Morgan fingerprint density at radius 1 is 1.31 bits per heavy atom. The second kappa shape index (κ2) is 9.76. The summed E-state index contributed by atoms with van der Waals surface area (Å²) in [6.07, 6.45) is 4.45. The van der Waals surface area contributed by atoms with E-state index in [4.69, 9.17) is 4.74 Å². The Bertz CT molecular complexity index is 562. The number of nitrogens with zero attached hydrogens (tertiary/aromatic N) is 3. The molecule has 26 heavy (non-hydrogen) atoms. The van der Waals surface area contributed by atoms with E-state index in [1.807, 2.05) is 20.0 Å². The summed E-state index contributed by atoms with van der Waals surface area (Å²) in [5.41, 5.74) is 0.882. The normalized spacial score (nSPS) is 16.7. The number of nitrogens with one attached hydrogen (secondary N) is 2. The van der Waals surface area contributed by atoms with Crippen LogP contribution < -0.4 is 15.5 Å². The van der Waals surface area contributed by atoms with Crippen LogP contribution in [0.4, 0.5) is 5.82 Å². The lowest BCUT2D eigenvalue weighted by Crippen LogP contribution is -2.45. The van der Waals surface area contributed by atoms with Gasteiger partial charge in [-0.05, 0) is 51.2 Å². The summed E-state index contributed by atoms with van der Waals surface area (Å²) < 4.78 is 5.45. The van der Waals surface area contributed by atoms with Crippen molar-refractivity contribution in [2.75, 3.05) is 38.2 Å². The number of anilines is 1. The highest BCUT2D eigenvalue weighted by atomic mass is 16.5. The molecule has 0 saturated carbocycles. The molecule has 0 aromatic carbocycles. The number of hydrogen-bond acceptors (Lipinski definition) is 4. The van der Waals surface area contributed by atoms with Crippen molar-refractivity contribution in [2.45, 2.75) is 52.7 Å². The van der Waals surface area contributed by atoms with Crippen molar-refractivity contribution in [3.05, 3.63) is 23.9 Å². The van der Waals surface area contributed by atoms with E-state index in [-0.39, 0.29) is 5.60 Å². The first-order valence-electron chi connectivity index (χ1n) is 9.70. The van der Waals surface area contributed by atoms with Gasteiger partial charge in [-0.2, -0.15) is 0 Å². The molecule has 2 N–H and O–H groups in total. The highest BCUT2D eigenvalue weighted by Crippen LogP contribution is 2.21. The number of piperidine rings is 1. The van der Waals surface area contributed by atoms with E-state index in [0.29, 0.717) is 13.1 Å². The van der Waals surface area contributed by atoms with E-state index in [0.717, 1.165) is 42.9 Å². The molecule has 0 spiro atoms. The van der Waals surface area contributed by atoms with Gasteiger partial charge in [0.2, 0.25) is 0 Å². The highest BCUT2D eigenvalue weighted by molar-refractivity contribution is 5.79. The lowest BCUT2D eigenvalue weighted by molar-refractivity contribution is 0.0268. The summed E-state index contributed by atoms with van der Waals surface area (Å²) in [6.45, 7) is 12.8. The van der Waals surface area contributed by atoms with Crippen LogP contribution in [0.15, 0.2) is 23.3 Å². The van der Waals surface area contributed by atoms with Crippen LogP contribution in [0.1, 0.15) is 46.1 Å². The summed E-state index contributed by atoms with van der Waals surface area (Å²) in [5, 5.41) is 6.61. The van der Waals surface area contributed by atoms with Crippen LogP contribution in [-0.4, -0.2) is 49.8 Å². The fourth-order valence-electron chi connectivity index (χ4n) is 2.82. The van der Waals surface area contributed by atoms with Crippen molar-refractivity contribution in [1.82, 2.24) is 15.6 Å². The van der Waals surface area contributed by atoms with Gasteiger partial charge in [-0.1, -0.05) is 13.0 Å². The average molecular weight is 362 g/mol. The largest absolute Gasteiger partial charge is 0.377 e. The summed E-state index contributed by atoms with van der Waals surface area (Å²) in [5.74, 6) is 2.71. The summed E-state index contributed by atoms with van der Waals surface area (Å²) in [7, 11) is 1.72. The Labute approximate surface area is 158 Å². The number of methoxy groups -OCH3 is 1. The monoisotopic (exact) mass is 361 g/mol. The minimum atomic E-state index is -0.231.